The normalized spacial score (nSPS) is 11.0. The Balaban J connectivity index is 2.49. The zero-order chi connectivity index (χ0) is 18.8. The molecule has 2 rings (SSSR count). The third-order valence-electron chi connectivity index (χ3n) is 3.19. The number of carboxylic acid groups (broad SMARTS) is 1. The van der Waals surface area contributed by atoms with Gasteiger partial charge in [-0.1, -0.05) is 11.6 Å². The molecule has 0 saturated carbocycles. The first kappa shape index (κ1) is 18.8. The number of carboxylic acids is 1. The van der Waals surface area contributed by atoms with E-state index in [4.69, 9.17) is 21.1 Å². The minimum atomic E-state index is -4.24. The number of carbonyl (C=O) groups is 1. The molecule has 10 heteroatoms. The number of sulfonamides is 1. The molecule has 2 aromatic rings. The summed E-state index contributed by atoms with van der Waals surface area (Å²) in [6.07, 6.45) is 0. The molecular formula is C15H12ClFNO6S-. The van der Waals surface area contributed by atoms with Crippen LogP contribution in [-0.4, -0.2) is 28.6 Å². The lowest BCUT2D eigenvalue weighted by Gasteiger charge is -2.15. The van der Waals surface area contributed by atoms with Crippen LogP contribution >= 0.6 is 11.6 Å². The Hall–Kier alpha value is -2.52. The van der Waals surface area contributed by atoms with Gasteiger partial charge in [-0.15, -0.1) is 0 Å². The van der Waals surface area contributed by atoms with Gasteiger partial charge in [0.2, 0.25) is 0 Å². The maximum Gasteiger partial charge on any atom is 0.262 e. The van der Waals surface area contributed by atoms with Gasteiger partial charge in [0.1, 0.15) is 17.3 Å². The fraction of sp³-hybridized carbons (Fsp3) is 0.133. The number of hydrogen-bond acceptors (Lipinski definition) is 6. The number of carbonyl (C=O) groups excluding carboxylic acids is 1. The van der Waals surface area contributed by atoms with E-state index in [9.17, 15) is 22.7 Å². The number of ether oxygens (including phenoxy) is 2. The van der Waals surface area contributed by atoms with Crippen LogP contribution in [0.3, 0.4) is 0 Å². The maximum absolute atomic E-state index is 13.4. The number of hydrogen-bond donors (Lipinski definition) is 1. The molecule has 0 heterocycles. The number of benzene rings is 2. The average molecular weight is 389 g/mol. The number of anilines is 1. The number of halogens is 2. The Morgan fingerprint density at radius 1 is 1.16 bits per heavy atom. The molecule has 0 unspecified atom stereocenters. The van der Waals surface area contributed by atoms with Crippen molar-refractivity contribution in [3.05, 3.63) is 46.7 Å². The van der Waals surface area contributed by atoms with Crippen LogP contribution in [-0.2, 0) is 10.0 Å². The Morgan fingerprint density at radius 2 is 1.80 bits per heavy atom. The van der Waals surface area contributed by atoms with Gasteiger partial charge in [-0.25, -0.2) is 12.8 Å². The molecule has 0 aromatic heterocycles. The number of methoxy groups -OCH3 is 2. The first-order chi connectivity index (χ1) is 11.7. The van der Waals surface area contributed by atoms with Crippen molar-refractivity contribution in [1.82, 2.24) is 0 Å². The lowest BCUT2D eigenvalue weighted by molar-refractivity contribution is -0.255. The molecule has 0 aliphatic carbocycles. The summed E-state index contributed by atoms with van der Waals surface area (Å²) < 4.78 is 50.6. The number of aromatic carboxylic acids is 1. The third-order valence-corrected chi connectivity index (χ3v) is 4.84. The molecule has 0 saturated heterocycles. The van der Waals surface area contributed by atoms with Crippen LogP contribution in [0.25, 0.3) is 0 Å². The van der Waals surface area contributed by atoms with Crippen LogP contribution in [0.2, 0.25) is 5.02 Å². The molecule has 1 N–H and O–H groups in total. The summed E-state index contributed by atoms with van der Waals surface area (Å²) in [5.41, 5.74) is -0.869. The zero-order valence-corrected chi connectivity index (χ0v) is 14.6. The van der Waals surface area contributed by atoms with Gasteiger partial charge in [0, 0.05) is 17.7 Å². The molecule has 0 bridgehead atoms. The molecule has 0 radical (unpaired) electrons. The highest BCUT2D eigenvalue weighted by Crippen LogP contribution is 2.37. The standard InChI is InChI=1S/C15H13ClFNO6S/c1-23-13-7-12(14(24-2)6-10(13)16)18-25(21,22)8-3-4-11(17)9(5-8)15(19)20/h3-7,18H,1-2H3,(H,19,20)/p-1. The van der Waals surface area contributed by atoms with Crippen LogP contribution in [0.4, 0.5) is 10.1 Å². The highest BCUT2D eigenvalue weighted by Gasteiger charge is 2.20. The largest absolute Gasteiger partial charge is 0.545 e. The first-order valence-electron chi connectivity index (χ1n) is 6.65. The van der Waals surface area contributed by atoms with Gasteiger partial charge in [0.05, 0.1) is 35.8 Å². The van der Waals surface area contributed by atoms with Gasteiger partial charge in [-0.2, -0.15) is 0 Å². The Labute approximate surface area is 148 Å². The second-order valence-electron chi connectivity index (χ2n) is 4.72. The highest BCUT2D eigenvalue weighted by molar-refractivity contribution is 7.92. The van der Waals surface area contributed by atoms with E-state index in [1.54, 1.807) is 0 Å². The third kappa shape index (κ3) is 3.94. The van der Waals surface area contributed by atoms with Crippen LogP contribution < -0.4 is 19.3 Å². The number of nitrogens with one attached hydrogen (secondary N) is 1. The smallest absolute Gasteiger partial charge is 0.262 e. The van der Waals surface area contributed by atoms with E-state index in [0.29, 0.717) is 6.07 Å². The molecule has 0 amide bonds. The minimum Gasteiger partial charge on any atom is -0.545 e. The Kier molecular flexibility index (Phi) is 5.39. The topological polar surface area (TPSA) is 105 Å². The average Bonchev–Trinajstić information content (AvgIpc) is 2.55. The van der Waals surface area contributed by atoms with Crippen LogP contribution in [0.15, 0.2) is 35.2 Å². The van der Waals surface area contributed by atoms with E-state index < -0.39 is 32.3 Å². The van der Waals surface area contributed by atoms with Crippen molar-refractivity contribution in [1.29, 1.82) is 0 Å². The van der Waals surface area contributed by atoms with Crippen molar-refractivity contribution in [2.45, 2.75) is 4.90 Å². The molecule has 25 heavy (non-hydrogen) atoms. The van der Waals surface area contributed by atoms with Gasteiger partial charge >= 0.3 is 0 Å². The van der Waals surface area contributed by atoms with Crippen molar-refractivity contribution in [2.75, 3.05) is 18.9 Å². The molecular weight excluding hydrogens is 377 g/mol. The second-order valence-corrected chi connectivity index (χ2v) is 6.81. The minimum absolute atomic E-state index is 0.00285. The Bertz CT molecular complexity index is 932. The molecule has 2 aromatic carbocycles. The summed E-state index contributed by atoms with van der Waals surface area (Å²) in [5.74, 6) is -2.64. The van der Waals surface area contributed by atoms with Crippen LogP contribution in [0, 0.1) is 5.82 Å². The summed E-state index contributed by atoms with van der Waals surface area (Å²) in [4.78, 5) is 10.4. The summed E-state index contributed by atoms with van der Waals surface area (Å²) in [6, 6.07) is 4.94. The van der Waals surface area contributed by atoms with E-state index in [1.165, 1.54) is 26.4 Å². The van der Waals surface area contributed by atoms with Crippen molar-refractivity contribution in [2.24, 2.45) is 0 Å². The first-order valence-corrected chi connectivity index (χ1v) is 8.51. The van der Waals surface area contributed by atoms with Crippen molar-refractivity contribution in [3.8, 4) is 11.5 Å². The molecule has 7 nitrogen and oxygen atoms in total. The summed E-state index contributed by atoms with van der Waals surface area (Å²) in [5, 5.41) is 11.1. The molecule has 0 aliphatic heterocycles. The second kappa shape index (κ2) is 7.16. The lowest BCUT2D eigenvalue weighted by Crippen LogP contribution is -2.24. The van der Waals surface area contributed by atoms with Gasteiger partial charge < -0.3 is 19.4 Å². The van der Waals surface area contributed by atoms with E-state index in [0.717, 1.165) is 12.1 Å². The van der Waals surface area contributed by atoms with Crippen molar-refractivity contribution >= 4 is 33.3 Å². The van der Waals surface area contributed by atoms with E-state index in [1.807, 2.05) is 0 Å². The van der Waals surface area contributed by atoms with Crippen LogP contribution in [0.5, 0.6) is 11.5 Å². The number of rotatable bonds is 6. The van der Waals surface area contributed by atoms with Crippen molar-refractivity contribution in [3.63, 3.8) is 0 Å². The van der Waals surface area contributed by atoms with Gasteiger partial charge in [-0.3, -0.25) is 4.72 Å². The lowest BCUT2D eigenvalue weighted by atomic mass is 10.2. The molecule has 0 spiro atoms. The molecule has 0 aliphatic rings. The predicted octanol–water partition coefficient (Wildman–Crippen LogP) is 1.66. The van der Waals surface area contributed by atoms with Crippen molar-refractivity contribution < 1.29 is 32.2 Å². The quantitative estimate of drug-likeness (QED) is 0.806. The Morgan fingerprint density at radius 3 is 2.36 bits per heavy atom. The van der Waals surface area contributed by atoms with Gasteiger partial charge in [-0.05, 0) is 18.2 Å². The molecule has 0 atom stereocenters. The zero-order valence-electron chi connectivity index (χ0n) is 13.0. The predicted molar refractivity (Wildman–Crippen MR) is 86.1 cm³/mol. The van der Waals surface area contributed by atoms with E-state index >= 15 is 0 Å². The van der Waals surface area contributed by atoms with E-state index in [-0.39, 0.29) is 22.2 Å². The van der Waals surface area contributed by atoms with E-state index in [2.05, 4.69) is 4.72 Å². The fourth-order valence-corrected chi connectivity index (χ4v) is 3.29. The maximum atomic E-state index is 13.4. The summed E-state index contributed by atoms with van der Waals surface area (Å²) in [7, 11) is -1.59. The summed E-state index contributed by atoms with van der Waals surface area (Å²) >= 11 is 5.95. The summed E-state index contributed by atoms with van der Waals surface area (Å²) in [6.45, 7) is 0. The fourth-order valence-electron chi connectivity index (χ4n) is 1.97. The van der Waals surface area contributed by atoms with Gasteiger partial charge in [0.25, 0.3) is 10.0 Å². The van der Waals surface area contributed by atoms with Crippen LogP contribution in [0.1, 0.15) is 10.4 Å². The van der Waals surface area contributed by atoms with Gasteiger partial charge in [0.15, 0.2) is 0 Å². The SMILES string of the molecule is COc1cc(NS(=O)(=O)c2ccc(F)c(C(=O)[O-])c2)c(OC)cc1Cl. The molecule has 0 fully saturated rings. The molecule has 134 valence electrons. The monoisotopic (exact) mass is 388 g/mol. The highest BCUT2D eigenvalue weighted by atomic mass is 35.5.